The van der Waals surface area contributed by atoms with E-state index in [4.69, 9.17) is 0 Å². The fraction of sp³-hybridized carbons (Fsp3) is 0.130. The topological polar surface area (TPSA) is 0 Å². The molecule has 2 aliphatic rings. The van der Waals surface area contributed by atoms with Gasteiger partial charge in [0.1, 0.15) is 0 Å². The Bertz CT molecular complexity index is 730. The predicted octanol–water partition coefficient (Wildman–Crippen LogP) is 5.75. The van der Waals surface area contributed by atoms with E-state index in [1.54, 1.807) is 0 Å². The molecule has 2 aromatic rings. The largest absolute Gasteiger partial charge is 0.0804 e. The Hall–Kier alpha value is -2.60. The zero-order valence-corrected chi connectivity index (χ0v) is 13.2. The highest BCUT2D eigenvalue weighted by Gasteiger charge is 2.41. The van der Waals surface area contributed by atoms with Crippen LogP contribution in [0.15, 0.2) is 108 Å². The van der Waals surface area contributed by atoms with Crippen LogP contribution in [-0.4, -0.2) is 0 Å². The summed E-state index contributed by atoms with van der Waals surface area (Å²) in [4.78, 5) is 0. The van der Waals surface area contributed by atoms with Crippen LogP contribution in [0.25, 0.3) is 0 Å². The molecule has 0 fully saturated rings. The molecular formula is C23H20. The standard InChI is InChI=1S/C23H20/c1-3-11-19(12-4-1)23(21-15-7-8-16-21,22-17-9-10-18-22)20-13-5-2-6-14-20/h1-15,17H,16,18H2. The second kappa shape index (κ2) is 5.89. The lowest BCUT2D eigenvalue weighted by molar-refractivity contribution is 0.681. The zero-order chi connectivity index (χ0) is 15.5. The first-order valence-electron chi connectivity index (χ1n) is 8.26. The number of hydrogen-bond donors (Lipinski definition) is 0. The Kier molecular flexibility index (Phi) is 3.59. The van der Waals surface area contributed by atoms with Crippen LogP contribution in [0.4, 0.5) is 0 Å². The van der Waals surface area contributed by atoms with Crippen LogP contribution in [0.1, 0.15) is 24.0 Å². The molecule has 0 N–H and O–H groups in total. The molecule has 0 aromatic heterocycles. The molecule has 0 heteroatoms. The molecular weight excluding hydrogens is 276 g/mol. The molecule has 0 amide bonds. The van der Waals surface area contributed by atoms with Crippen molar-refractivity contribution in [1.29, 1.82) is 0 Å². The average Bonchev–Trinajstić information content (AvgIpc) is 3.32. The van der Waals surface area contributed by atoms with Crippen molar-refractivity contribution in [3.8, 4) is 0 Å². The molecule has 112 valence electrons. The van der Waals surface area contributed by atoms with Crippen LogP contribution in [0.5, 0.6) is 0 Å². The zero-order valence-electron chi connectivity index (χ0n) is 13.2. The van der Waals surface area contributed by atoms with Crippen LogP contribution >= 0.6 is 0 Å². The summed E-state index contributed by atoms with van der Waals surface area (Å²) < 4.78 is 0. The Morgan fingerprint density at radius 3 is 1.35 bits per heavy atom. The molecule has 2 aliphatic carbocycles. The molecule has 4 rings (SSSR count). The van der Waals surface area contributed by atoms with Gasteiger partial charge in [-0.3, -0.25) is 0 Å². The lowest BCUT2D eigenvalue weighted by atomic mass is 9.63. The van der Waals surface area contributed by atoms with Crippen molar-refractivity contribution in [1.82, 2.24) is 0 Å². The van der Waals surface area contributed by atoms with Crippen molar-refractivity contribution < 1.29 is 0 Å². The normalized spacial score (nSPS) is 16.5. The lowest BCUT2D eigenvalue weighted by Gasteiger charge is -2.38. The van der Waals surface area contributed by atoms with E-state index in [9.17, 15) is 0 Å². The summed E-state index contributed by atoms with van der Waals surface area (Å²) in [6.45, 7) is 0. The molecule has 0 unspecified atom stereocenters. The Balaban J connectivity index is 2.02. The van der Waals surface area contributed by atoms with E-state index in [-0.39, 0.29) is 5.41 Å². The van der Waals surface area contributed by atoms with E-state index in [0.29, 0.717) is 0 Å². The van der Waals surface area contributed by atoms with Gasteiger partial charge in [-0.25, -0.2) is 0 Å². The van der Waals surface area contributed by atoms with Gasteiger partial charge in [0, 0.05) is 0 Å². The number of benzene rings is 2. The van der Waals surface area contributed by atoms with Crippen molar-refractivity contribution in [3.05, 3.63) is 119 Å². The summed E-state index contributed by atoms with van der Waals surface area (Å²) in [6.07, 6.45) is 15.6. The van der Waals surface area contributed by atoms with E-state index >= 15 is 0 Å². The molecule has 0 atom stereocenters. The maximum absolute atomic E-state index is 2.30. The van der Waals surface area contributed by atoms with Gasteiger partial charge in [-0.05, 0) is 35.1 Å². The highest BCUT2D eigenvalue weighted by atomic mass is 14.4. The van der Waals surface area contributed by atoms with Crippen LogP contribution in [-0.2, 0) is 5.41 Å². The number of hydrogen-bond acceptors (Lipinski definition) is 0. The van der Waals surface area contributed by atoms with Gasteiger partial charge < -0.3 is 0 Å². The second-order valence-corrected chi connectivity index (χ2v) is 6.13. The lowest BCUT2D eigenvalue weighted by Crippen LogP contribution is -2.32. The highest BCUT2D eigenvalue weighted by molar-refractivity contribution is 5.61. The van der Waals surface area contributed by atoms with Crippen LogP contribution in [0, 0.1) is 0 Å². The minimum Gasteiger partial charge on any atom is -0.0804 e. The molecule has 0 radical (unpaired) electrons. The summed E-state index contributed by atoms with van der Waals surface area (Å²) in [5, 5.41) is 0. The van der Waals surface area contributed by atoms with Gasteiger partial charge in [-0.2, -0.15) is 0 Å². The third kappa shape index (κ3) is 2.22. The first-order valence-corrected chi connectivity index (χ1v) is 8.26. The van der Waals surface area contributed by atoms with E-state index < -0.39 is 0 Å². The van der Waals surface area contributed by atoms with Gasteiger partial charge in [0.15, 0.2) is 0 Å². The molecule has 23 heavy (non-hydrogen) atoms. The van der Waals surface area contributed by atoms with Gasteiger partial charge in [-0.1, -0.05) is 97.1 Å². The smallest absolute Gasteiger partial charge is 0.0633 e. The van der Waals surface area contributed by atoms with Crippen molar-refractivity contribution in [3.63, 3.8) is 0 Å². The minimum atomic E-state index is -0.157. The Morgan fingerprint density at radius 2 is 1.00 bits per heavy atom. The van der Waals surface area contributed by atoms with Crippen molar-refractivity contribution >= 4 is 0 Å². The Morgan fingerprint density at radius 1 is 0.565 bits per heavy atom. The summed E-state index contributed by atoms with van der Waals surface area (Å²) in [5.74, 6) is 0. The minimum absolute atomic E-state index is 0.157. The van der Waals surface area contributed by atoms with Crippen LogP contribution in [0.2, 0.25) is 0 Å². The van der Waals surface area contributed by atoms with Gasteiger partial charge >= 0.3 is 0 Å². The average molecular weight is 296 g/mol. The predicted molar refractivity (Wildman–Crippen MR) is 97.3 cm³/mol. The monoisotopic (exact) mass is 296 g/mol. The fourth-order valence-electron chi connectivity index (χ4n) is 3.94. The van der Waals surface area contributed by atoms with Gasteiger partial charge in [-0.15, -0.1) is 0 Å². The molecule has 2 aromatic carbocycles. The van der Waals surface area contributed by atoms with Crippen molar-refractivity contribution in [2.24, 2.45) is 0 Å². The van der Waals surface area contributed by atoms with Crippen molar-refractivity contribution in [2.45, 2.75) is 18.3 Å². The number of rotatable bonds is 4. The summed E-state index contributed by atoms with van der Waals surface area (Å²) >= 11 is 0. The molecule has 0 aliphatic heterocycles. The third-order valence-electron chi connectivity index (χ3n) is 4.92. The quantitative estimate of drug-likeness (QED) is 0.674. The van der Waals surface area contributed by atoms with E-state index in [0.717, 1.165) is 12.8 Å². The van der Waals surface area contributed by atoms with Gasteiger partial charge in [0.2, 0.25) is 0 Å². The first kappa shape index (κ1) is 14.0. The molecule has 0 saturated carbocycles. The summed E-state index contributed by atoms with van der Waals surface area (Å²) in [5.41, 5.74) is 5.48. The maximum atomic E-state index is 2.30. The molecule has 0 heterocycles. The SMILES string of the molecule is C1=CCC(C(C2=CC=CC2)(c2ccccc2)c2ccccc2)=C1. The van der Waals surface area contributed by atoms with Crippen molar-refractivity contribution in [2.75, 3.05) is 0 Å². The van der Waals surface area contributed by atoms with E-state index in [1.165, 1.54) is 22.3 Å². The van der Waals surface area contributed by atoms with Gasteiger partial charge in [0.25, 0.3) is 0 Å². The number of allylic oxidation sites excluding steroid dienone is 8. The maximum Gasteiger partial charge on any atom is 0.0633 e. The second-order valence-electron chi connectivity index (χ2n) is 6.13. The Labute approximate surface area is 138 Å². The van der Waals surface area contributed by atoms with E-state index in [1.807, 2.05) is 0 Å². The molecule has 0 spiro atoms. The first-order chi connectivity index (χ1) is 11.4. The summed E-state index contributed by atoms with van der Waals surface area (Å²) in [7, 11) is 0. The highest BCUT2D eigenvalue weighted by Crippen LogP contribution is 2.49. The molecule has 0 bridgehead atoms. The van der Waals surface area contributed by atoms with E-state index in [2.05, 4.69) is 97.1 Å². The van der Waals surface area contributed by atoms with Crippen LogP contribution in [0.3, 0.4) is 0 Å². The summed E-state index contributed by atoms with van der Waals surface area (Å²) in [6, 6.07) is 21.9. The van der Waals surface area contributed by atoms with Gasteiger partial charge in [0.05, 0.1) is 5.41 Å². The third-order valence-corrected chi connectivity index (χ3v) is 4.92. The molecule has 0 nitrogen and oxygen atoms in total. The van der Waals surface area contributed by atoms with Crippen LogP contribution < -0.4 is 0 Å². The molecule has 0 saturated heterocycles. The fourth-order valence-corrected chi connectivity index (χ4v) is 3.94.